The van der Waals surface area contributed by atoms with Crippen molar-refractivity contribution in [3.63, 3.8) is 0 Å². The number of hydrogen-bond acceptors (Lipinski definition) is 2. The Morgan fingerprint density at radius 3 is 2.58 bits per heavy atom. The van der Waals surface area contributed by atoms with Gasteiger partial charge in [-0.15, -0.1) is 0 Å². The minimum Gasteiger partial charge on any atom is -0.356 e. The van der Waals surface area contributed by atoms with Gasteiger partial charge in [-0.1, -0.05) is 33.8 Å². The number of aromatic nitrogens is 1. The van der Waals surface area contributed by atoms with E-state index in [9.17, 15) is 0 Å². The van der Waals surface area contributed by atoms with Gasteiger partial charge in [0.25, 0.3) is 0 Å². The van der Waals surface area contributed by atoms with Crippen molar-refractivity contribution < 1.29 is 0 Å². The summed E-state index contributed by atoms with van der Waals surface area (Å²) in [5.74, 6) is 3.40. The minimum atomic E-state index is 0.564. The Hall–Kier alpha value is -1.05. The summed E-state index contributed by atoms with van der Waals surface area (Å²) in [6.07, 6.45) is 2.67. The molecule has 1 aromatic heterocycles. The Morgan fingerprint density at radius 2 is 2.00 bits per heavy atom. The van der Waals surface area contributed by atoms with E-state index in [-0.39, 0.29) is 0 Å². The lowest BCUT2D eigenvalue weighted by atomic mass is 9.97. The van der Waals surface area contributed by atoms with Crippen LogP contribution in [0.25, 0.3) is 0 Å². The molecule has 0 N–H and O–H groups in total. The Balaban J connectivity index is 2.05. The van der Waals surface area contributed by atoms with Gasteiger partial charge in [0.15, 0.2) is 0 Å². The summed E-state index contributed by atoms with van der Waals surface area (Å²) >= 11 is 0. The van der Waals surface area contributed by atoms with E-state index in [1.165, 1.54) is 43.0 Å². The SMILES string of the molecule is Cc1nc(N2CCC(CC(C)C)C2)ccc1C(C)C. The Labute approximate surface area is 118 Å². The molecule has 1 aliphatic rings. The molecule has 1 atom stereocenters. The maximum Gasteiger partial charge on any atom is 0.128 e. The lowest BCUT2D eigenvalue weighted by Crippen LogP contribution is -2.21. The number of hydrogen-bond donors (Lipinski definition) is 0. The number of rotatable bonds is 4. The van der Waals surface area contributed by atoms with Crippen LogP contribution in [-0.4, -0.2) is 18.1 Å². The van der Waals surface area contributed by atoms with Crippen molar-refractivity contribution in [1.82, 2.24) is 4.98 Å². The summed E-state index contributed by atoms with van der Waals surface area (Å²) in [4.78, 5) is 7.28. The summed E-state index contributed by atoms with van der Waals surface area (Å²) in [6, 6.07) is 4.47. The van der Waals surface area contributed by atoms with Gasteiger partial charge in [0.1, 0.15) is 5.82 Å². The number of anilines is 1. The molecule has 1 unspecified atom stereocenters. The second kappa shape index (κ2) is 5.94. The van der Waals surface area contributed by atoms with E-state index < -0.39 is 0 Å². The number of aryl methyl sites for hydroxylation is 1. The van der Waals surface area contributed by atoms with Crippen molar-refractivity contribution in [1.29, 1.82) is 0 Å². The van der Waals surface area contributed by atoms with Crippen LogP contribution in [0.1, 0.15) is 57.7 Å². The van der Waals surface area contributed by atoms with Gasteiger partial charge in [-0.25, -0.2) is 4.98 Å². The molecule has 0 spiro atoms. The average molecular weight is 260 g/mol. The molecule has 2 heterocycles. The van der Waals surface area contributed by atoms with Gasteiger partial charge >= 0.3 is 0 Å². The zero-order valence-electron chi connectivity index (χ0n) is 13.1. The molecule has 0 aromatic carbocycles. The predicted molar refractivity (Wildman–Crippen MR) is 82.8 cm³/mol. The molecule has 1 fully saturated rings. The quantitative estimate of drug-likeness (QED) is 0.798. The maximum atomic E-state index is 4.82. The fourth-order valence-corrected chi connectivity index (χ4v) is 3.24. The van der Waals surface area contributed by atoms with Gasteiger partial charge in [0, 0.05) is 18.8 Å². The van der Waals surface area contributed by atoms with Gasteiger partial charge < -0.3 is 4.90 Å². The van der Waals surface area contributed by atoms with E-state index in [1.807, 2.05) is 0 Å². The van der Waals surface area contributed by atoms with Gasteiger partial charge in [0.2, 0.25) is 0 Å². The van der Waals surface area contributed by atoms with Crippen LogP contribution in [0.5, 0.6) is 0 Å². The highest BCUT2D eigenvalue weighted by molar-refractivity contribution is 5.43. The number of nitrogens with zero attached hydrogens (tertiary/aromatic N) is 2. The monoisotopic (exact) mass is 260 g/mol. The van der Waals surface area contributed by atoms with E-state index in [4.69, 9.17) is 4.98 Å². The fourth-order valence-electron chi connectivity index (χ4n) is 3.24. The van der Waals surface area contributed by atoms with Crippen molar-refractivity contribution in [2.45, 2.75) is 53.4 Å². The van der Waals surface area contributed by atoms with Crippen LogP contribution in [0.3, 0.4) is 0 Å². The van der Waals surface area contributed by atoms with Crippen LogP contribution in [0.2, 0.25) is 0 Å². The van der Waals surface area contributed by atoms with Crippen molar-refractivity contribution in [3.8, 4) is 0 Å². The van der Waals surface area contributed by atoms with E-state index in [2.05, 4.69) is 51.7 Å². The van der Waals surface area contributed by atoms with Crippen LogP contribution < -0.4 is 4.90 Å². The van der Waals surface area contributed by atoms with Crippen LogP contribution >= 0.6 is 0 Å². The van der Waals surface area contributed by atoms with Crippen molar-refractivity contribution in [2.24, 2.45) is 11.8 Å². The Kier molecular flexibility index (Phi) is 4.49. The highest BCUT2D eigenvalue weighted by atomic mass is 15.2. The predicted octanol–water partition coefficient (Wildman–Crippen LogP) is 4.39. The highest BCUT2D eigenvalue weighted by Crippen LogP contribution is 2.28. The third-order valence-corrected chi connectivity index (χ3v) is 4.15. The standard InChI is InChI=1S/C17H28N2/c1-12(2)10-15-8-9-19(11-15)17-7-6-16(13(3)4)14(5)18-17/h6-7,12-13,15H,8-11H2,1-5H3. The summed E-state index contributed by atoms with van der Waals surface area (Å²) in [6.45, 7) is 13.6. The zero-order valence-corrected chi connectivity index (χ0v) is 13.1. The van der Waals surface area contributed by atoms with Gasteiger partial charge in [-0.05, 0) is 49.1 Å². The van der Waals surface area contributed by atoms with Crippen molar-refractivity contribution in [2.75, 3.05) is 18.0 Å². The molecule has 2 nitrogen and oxygen atoms in total. The molecule has 0 amide bonds. The molecule has 2 rings (SSSR count). The smallest absolute Gasteiger partial charge is 0.128 e. The topological polar surface area (TPSA) is 16.1 Å². The molecule has 1 aromatic rings. The summed E-state index contributed by atoms with van der Waals surface area (Å²) < 4.78 is 0. The molecule has 1 aliphatic heterocycles. The highest BCUT2D eigenvalue weighted by Gasteiger charge is 2.24. The van der Waals surface area contributed by atoms with E-state index >= 15 is 0 Å². The number of pyridine rings is 1. The third-order valence-electron chi connectivity index (χ3n) is 4.15. The van der Waals surface area contributed by atoms with Gasteiger partial charge in [0.05, 0.1) is 0 Å². The largest absolute Gasteiger partial charge is 0.356 e. The molecule has 0 saturated carbocycles. The van der Waals surface area contributed by atoms with E-state index in [1.54, 1.807) is 0 Å². The second-order valence-corrected chi connectivity index (χ2v) is 6.73. The first kappa shape index (κ1) is 14.4. The van der Waals surface area contributed by atoms with Gasteiger partial charge in [-0.2, -0.15) is 0 Å². The third kappa shape index (κ3) is 3.49. The lowest BCUT2D eigenvalue weighted by molar-refractivity contribution is 0.441. The molecule has 1 saturated heterocycles. The Bertz CT molecular complexity index is 423. The lowest BCUT2D eigenvalue weighted by Gasteiger charge is -2.20. The van der Waals surface area contributed by atoms with Crippen molar-refractivity contribution in [3.05, 3.63) is 23.4 Å². The first-order valence-corrected chi connectivity index (χ1v) is 7.70. The minimum absolute atomic E-state index is 0.564. The van der Waals surface area contributed by atoms with Crippen LogP contribution in [-0.2, 0) is 0 Å². The van der Waals surface area contributed by atoms with Crippen LogP contribution in [0, 0.1) is 18.8 Å². The molecule has 106 valence electrons. The van der Waals surface area contributed by atoms with Gasteiger partial charge in [-0.3, -0.25) is 0 Å². The Morgan fingerprint density at radius 1 is 1.26 bits per heavy atom. The second-order valence-electron chi connectivity index (χ2n) is 6.73. The maximum absolute atomic E-state index is 4.82. The van der Waals surface area contributed by atoms with E-state index in [0.717, 1.165) is 11.8 Å². The average Bonchev–Trinajstić information content (AvgIpc) is 2.75. The zero-order chi connectivity index (χ0) is 14.0. The van der Waals surface area contributed by atoms with Crippen LogP contribution in [0.4, 0.5) is 5.82 Å². The molecule has 19 heavy (non-hydrogen) atoms. The molecule has 0 aliphatic carbocycles. The first-order valence-electron chi connectivity index (χ1n) is 7.70. The molecular formula is C17H28N2. The summed E-state index contributed by atoms with van der Waals surface area (Å²) in [5, 5.41) is 0. The molecule has 0 bridgehead atoms. The summed E-state index contributed by atoms with van der Waals surface area (Å²) in [5.41, 5.74) is 2.57. The normalized spacial score (nSPS) is 19.7. The first-order chi connectivity index (χ1) is 8.97. The molecule has 2 heteroatoms. The molecule has 0 radical (unpaired) electrons. The van der Waals surface area contributed by atoms with E-state index in [0.29, 0.717) is 5.92 Å². The summed E-state index contributed by atoms with van der Waals surface area (Å²) in [7, 11) is 0. The molecular weight excluding hydrogens is 232 g/mol. The fraction of sp³-hybridized carbons (Fsp3) is 0.706. The van der Waals surface area contributed by atoms with Crippen molar-refractivity contribution >= 4 is 5.82 Å². The van der Waals surface area contributed by atoms with Crippen LogP contribution in [0.15, 0.2) is 12.1 Å².